The van der Waals surface area contributed by atoms with Crippen LogP contribution in [0.5, 0.6) is 0 Å². The van der Waals surface area contributed by atoms with Crippen molar-refractivity contribution in [1.29, 1.82) is 0 Å². The molecule has 0 unspecified atom stereocenters. The van der Waals surface area contributed by atoms with E-state index in [2.05, 4.69) is 57.4 Å². The van der Waals surface area contributed by atoms with Gasteiger partial charge in [0.2, 0.25) is 0 Å². The van der Waals surface area contributed by atoms with Crippen molar-refractivity contribution in [2.24, 2.45) is 0 Å². The minimum absolute atomic E-state index is 0.357. The molecule has 0 spiro atoms. The highest BCUT2D eigenvalue weighted by Crippen LogP contribution is 2.17. The molecule has 2 aromatic rings. The van der Waals surface area contributed by atoms with E-state index >= 15 is 0 Å². The molecule has 84 valence electrons. The van der Waals surface area contributed by atoms with Gasteiger partial charge in [-0.05, 0) is 24.6 Å². The van der Waals surface area contributed by atoms with E-state index in [-0.39, 0.29) is 0 Å². The average Bonchev–Trinajstić information content (AvgIpc) is 2.80. The zero-order chi connectivity index (χ0) is 11.4. The Hall–Kier alpha value is -0.710. The normalized spacial score (nSPS) is 12.6. The summed E-state index contributed by atoms with van der Waals surface area (Å²) in [5.74, 6) is 0. The Morgan fingerprint density at radius 1 is 1.38 bits per heavy atom. The van der Waals surface area contributed by atoms with E-state index in [1.165, 1.54) is 10.4 Å². The van der Waals surface area contributed by atoms with E-state index in [1.54, 1.807) is 11.3 Å². The number of aromatic nitrogens is 1. The van der Waals surface area contributed by atoms with Gasteiger partial charge in [-0.2, -0.15) is 0 Å². The van der Waals surface area contributed by atoms with Crippen molar-refractivity contribution in [2.75, 3.05) is 0 Å². The lowest BCUT2D eigenvalue weighted by molar-refractivity contribution is 0.578. The molecule has 0 radical (unpaired) electrons. The highest BCUT2D eigenvalue weighted by atomic mass is 79.9. The molecule has 0 bridgehead atoms. The standard InChI is InChI=1S/C12H13BrN2S/c1-9(10-2-4-11(13)5-3-10)15-7-12-6-14-8-16-12/h2-6,8-9,15H,7H2,1H3/t9-/m0/s1. The van der Waals surface area contributed by atoms with E-state index in [4.69, 9.17) is 0 Å². The quantitative estimate of drug-likeness (QED) is 0.929. The van der Waals surface area contributed by atoms with Gasteiger partial charge in [0.15, 0.2) is 0 Å². The summed E-state index contributed by atoms with van der Waals surface area (Å²) in [7, 11) is 0. The van der Waals surface area contributed by atoms with Gasteiger partial charge in [-0.15, -0.1) is 11.3 Å². The summed E-state index contributed by atoms with van der Waals surface area (Å²) in [6, 6.07) is 8.76. The maximum absolute atomic E-state index is 4.06. The molecular formula is C12H13BrN2S. The first-order valence-electron chi connectivity index (χ1n) is 5.12. The van der Waals surface area contributed by atoms with Gasteiger partial charge < -0.3 is 5.32 Å². The first kappa shape index (κ1) is 11.8. The summed E-state index contributed by atoms with van der Waals surface area (Å²) in [5.41, 5.74) is 3.16. The minimum atomic E-state index is 0.357. The number of halogens is 1. The number of nitrogens with zero attached hydrogens (tertiary/aromatic N) is 1. The summed E-state index contributed by atoms with van der Waals surface area (Å²) >= 11 is 5.12. The van der Waals surface area contributed by atoms with Gasteiger partial charge in [0.1, 0.15) is 0 Å². The van der Waals surface area contributed by atoms with Crippen LogP contribution in [0.2, 0.25) is 0 Å². The maximum atomic E-state index is 4.06. The van der Waals surface area contributed by atoms with Gasteiger partial charge >= 0.3 is 0 Å². The second kappa shape index (κ2) is 5.57. The molecule has 16 heavy (non-hydrogen) atoms. The monoisotopic (exact) mass is 296 g/mol. The molecular weight excluding hydrogens is 284 g/mol. The fourth-order valence-corrected chi connectivity index (χ4v) is 2.26. The van der Waals surface area contributed by atoms with E-state index < -0.39 is 0 Å². The van der Waals surface area contributed by atoms with E-state index in [0.29, 0.717) is 6.04 Å². The van der Waals surface area contributed by atoms with E-state index in [0.717, 1.165) is 11.0 Å². The van der Waals surface area contributed by atoms with Crippen molar-refractivity contribution in [1.82, 2.24) is 10.3 Å². The van der Waals surface area contributed by atoms with Crippen LogP contribution in [-0.2, 0) is 6.54 Å². The lowest BCUT2D eigenvalue weighted by Gasteiger charge is -2.13. The van der Waals surface area contributed by atoms with Crippen molar-refractivity contribution in [3.8, 4) is 0 Å². The second-order valence-corrected chi connectivity index (χ2v) is 5.51. The van der Waals surface area contributed by atoms with Crippen LogP contribution in [-0.4, -0.2) is 4.98 Å². The highest BCUT2D eigenvalue weighted by Gasteiger charge is 2.04. The van der Waals surface area contributed by atoms with Crippen LogP contribution in [0.4, 0.5) is 0 Å². The van der Waals surface area contributed by atoms with Gasteiger partial charge in [-0.1, -0.05) is 28.1 Å². The van der Waals surface area contributed by atoms with Crippen LogP contribution in [0.15, 0.2) is 40.4 Å². The molecule has 0 fully saturated rings. The third kappa shape index (κ3) is 3.14. The molecule has 2 nitrogen and oxygen atoms in total. The largest absolute Gasteiger partial charge is 0.305 e. The van der Waals surface area contributed by atoms with Crippen molar-refractivity contribution in [3.63, 3.8) is 0 Å². The Bertz CT molecular complexity index is 425. The first-order valence-corrected chi connectivity index (χ1v) is 6.79. The SMILES string of the molecule is C[C@H](NCc1cncs1)c1ccc(Br)cc1. The van der Waals surface area contributed by atoms with Gasteiger partial charge in [0.25, 0.3) is 0 Å². The third-order valence-electron chi connectivity index (χ3n) is 2.44. The molecule has 1 heterocycles. The summed E-state index contributed by atoms with van der Waals surface area (Å²) in [6.45, 7) is 3.05. The molecule has 1 N–H and O–H groups in total. The van der Waals surface area contributed by atoms with Crippen molar-refractivity contribution in [3.05, 3.63) is 50.9 Å². The summed E-state index contributed by atoms with van der Waals surface area (Å²) in [4.78, 5) is 5.32. The van der Waals surface area contributed by atoms with Crippen molar-refractivity contribution in [2.45, 2.75) is 19.5 Å². The molecule has 0 amide bonds. The topological polar surface area (TPSA) is 24.9 Å². The zero-order valence-electron chi connectivity index (χ0n) is 8.98. The second-order valence-electron chi connectivity index (χ2n) is 3.62. The fourth-order valence-electron chi connectivity index (χ4n) is 1.45. The molecule has 0 saturated heterocycles. The third-order valence-corrected chi connectivity index (χ3v) is 3.74. The van der Waals surface area contributed by atoms with Crippen LogP contribution in [0.3, 0.4) is 0 Å². The molecule has 1 atom stereocenters. The molecule has 4 heteroatoms. The highest BCUT2D eigenvalue weighted by molar-refractivity contribution is 9.10. The Labute approximate surface area is 108 Å². The van der Waals surface area contributed by atoms with Gasteiger partial charge in [-0.25, -0.2) is 0 Å². The Kier molecular flexibility index (Phi) is 4.09. The van der Waals surface area contributed by atoms with Crippen LogP contribution in [0.25, 0.3) is 0 Å². The number of nitrogens with one attached hydrogen (secondary N) is 1. The fraction of sp³-hybridized carbons (Fsp3) is 0.250. The molecule has 0 aliphatic carbocycles. The molecule has 0 aliphatic rings. The number of thiazole rings is 1. The van der Waals surface area contributed by atoms with Gasteiger partial charge in [-0.3, -0.25) is 4.98 Å². The number of hydrogen-bond acceptors (Lipinski definition) is 3. The van der Waals surface area contributed by atoms with Crippen LogP contribution < -0.4 is 5.32 Å². The Morgan fingerprint density at radius 2 is 2.12 bits per heavy atom. The van der Waals surface area contributed by atoms with Crippen LogP contribution in [0.1, 0.15) is 23.4 Å². The van der Waals surface area contributed by atoms with Crippen molar-refractivity contribution >= 4 is 27.3 Å². The molecule has 0 aliphatic heterocycles. The van der Waals surface area contributed by atoms with Crippen molar-refractivity contribution < 1.29 is 0 Å². The van der Waals surface area contributed by atoms with Crippen LogP contribution >= 0.6 is 27.3 Å². The number of hydrogen-bond donors (Lipinski definition) is 1. The predicted octanol–water partition coefficient (Wildman–Crippen LogP) is 3.76. The predicted molar refractivity (Wildman–Crippen MR) is 71.5 cm³/mol. The lowest BCUT2D eigenvalue weighted by Crippen LogP contribution is -2.17. The summed E-state index contributed by atoms with van der Waals surface area (Å²) in [6.07, 6.45) is 1.91. The lowest BCUT2D eigenvalue weighted by atomic mass is 10.1. The maximum Gasteiger partial charge on any atom is 0.0794 e. The minimum Gasteiger partial charge on any atom is -0.305 e. The Balaban J connectivity index is 1.93. The number of rotatable bonds is 4. The Morgan fingerprint density at radius 3 is 2.75 bits per heavy atom. The molecule has 1 aromatic heterocycles. The average molecular weight is 297 g/mol. The smallest absolute Gasteiger partial charge is 0.0794 e. The van der Waals surface area contributed by atoms with E-state index in [1.807, 2.05) is 11.7 Å². The molecule has 2 rings (SSSR count). The van der Waals surface area contributed by atoms with Gasteiger partial charge in [0, 0.05) is 28.1 Å². The number of benzene rings is 1. The summed E-state index contributed by atoms with van der Waals surface area (Å²) < 4.78 is 1.12. The molecule has 1 aromatic carbocycles. The first-order chi connectivity index (χ1) is 7.75. The molecule has 0 saturated carbocycles. The summed E-state index contributed by atoms with van der Waals surface area (Å²) in [5, 5.41) is 3.48. The van der Waals surface area contributed by atoms with Gasteiger partial charge in [0.05, 0.1) is 5.51 Å². The van der Waals surface area contributed by atoms with E-state index in [9.17, 15) is 0 Å². The zero-order valence-corrected chi connectivity index (χ0v) is 11.4. The van der Waals surface area contributed by atoms with Crippen LogP contribution in [0, 0.1) is 0 Å².